The largest absolute Gasteiger partial charge is 0.573 e. The van der Waals surface area contributed by atoms with E-state index in [1.165, 1.54) is 18.2 Å². The lowest BCUT2D eigenvalue weighted by Crippen LogP contribution is -2.21. The van der Waals surface area contributed by atoms with Crippen molar-refractivity contribution in [2.24, 2.45) is 5.73 Å². The van der Waals surface area contributed by atoms with E-state index in [9.17, 15) is 13.2 Å². The van der Waals surface area contributed by atoms with Crippen molar-refractivity contribution in [1.29, 1.82) is 0 Å². The molecule has 0 amide bonds. The first kappa shape index (κ1) is 11.8. The van der Waals surface area contributed by atoms with Crippen LogP contribution < -0.4 is 10.5 Å². The van der Waals surface area contributed by atoms with Gasteiger partial charge in [-0.15, -0.1) is 13.2 Å². The fraction of sp³-hybridized carbons (Fsp3) is 0.333. The van der Waals surface area contributed by atoms with E-state index in [-0.39, 0.29) is 11.3 Å². The van der Waals surface area contributed by atoms with E-state index in [1.54, 1.807) is 0 Å². The maximum Gasteiger partial charge on any atom is 0.573 e. The molecule has 1 atom stereocenters. The number of halogens is 3. The molecule has 0 saturated heterocycles. The van der Waals surface area contributed by atoms with Gasteiger partial charge in [0.2, 0.25) is 0 Å². The fourth-order valence-electron chi connectivity index (χ4n) is 1.10. The van der Waals surface area contributed by atoms with Crippen LogP contribution in [-0.2, 0) is 0 Å². The lowest BCUT2D eigenvalue weighted by molar-refractivity contribution is -0.275. The van der Waals surface area contributed by atoms with Gasteiger partial charge in [-0.3, -0.25) is 0 Å². The van der Waals surface area contributed by atoms with E-state index in [4.69, 9.17) is 10.8 Å². The highest BCUT2D eigenvalue weighted by Gasteiger charge is 2.32. The van der Waals surface area contributed by atoms with Gasteiger partial charge in [0, 0.05) is 5.56 Å². The molecule has 0 heterocycles. The number of ether oxygens (including phenoxy) is 1. The summed E-state index contributed by atoms with van der Waals surface area (Å²) in [7, 11) is 0. The first-order valence-electron chi connectivity index (χ1n) is 4.15. The summed E-state index contributed by atoms with van der Waals surface area (Å²) in [6.45, 7) is -0.446. The summed E-state index contributed by atoms with van der Waals surface area (Å²) in [5.41, 5.74) is 5.54. The van der Waals surface area contributed by atoms with Crippen LogP contribution >= 0.6 is 0 Å². The van der Waals surface area contributed by atoms with Crippen molar-refractivity contribution in [2.75, 3.05) is 6.61 Å². The first-order chi connectivity index (χ1) is 6.94. The molecule has 0 saturated carbocycles. The molecule has 15 heavy (non-hydrogen) atoms. The lowest BCUT2D eigenvalue weighted by atomic mass is 10.1. The van der Waals surface area contributed by atoms with Crippen LogP contribution in [0.2, 0.25) is 0 Å². The molecule has 3 N–H and O–H groups in total. The Balaban J connectivity index is 2.96. The Morgan fingerprint density at radius 2 is 1.93 bits per heavy atom. The Morgan fingerprint density at radius 3 is 2.47 bits per heavy atom. The molecular weight excluding hydrogens is 211 g/mol. The molecule has 0 fully saturated rings. The van der Waals surface area contributed by atoms with Gasteiger partial charge < -0.3 is 15.6 Å². The second-order valence-corrected chi connectivity index (χ2v) is 2.87. The summed E-state index contributed by atoms with van der Waals surface area (Å²) in [5.74, 6) is -0.383. The number of rotatable bonds is 3. The Kier molecular flexibility index (Phi) is 3.54. The third-order valence-electron chi connectivity index (χ3n) is 1.74. The van der Waals surface area contributed by atoms with Crippen LogP contribution in [0, 0.1) is 0 Å². The molecule has 0 aliphatic carbocycles. The zero-order valence-electron chi connectivity index (χ0n) is 7.66. The monoisotopic (exact) mass is 221 g/mol. The van der Waals surface area contributed by atoms with E-state index in [1.807, 2.05) is 0 Å². The summed E-state index contributed by atoms with van der Waals surface area (Å²) in [4.78, 5) is 0. The summed E-state index contributed by atoms with van der Waals surface area (Å²) < 4.78 is 39.7. The van der Waals surface area contributed by atoms with E-state index < -0.39 is 19.0 Å². The van der Waals surface area contributed by atoms with Crippen LogP contribution in [-0.4, -0.2) is 18.1 Å². The molecule has 0 aliphatic rings. The maximum absolute atomic E-state index is 12.0. The molecule has 1 unspecified atom stereocenters. The number of alkyl halides is 3. The first-order valence-corrected chi connectivity index (χ1v) is 4.15. The summed E-state index contributed by atoms with van der Waals surface area (Å²) >= 11 is 0. The number of para-hydroxylation sites is 1. The van der Waals surface area contributed by atoms with Gasteiger partial charge >= 0.3 is 6.36 Å². The molecule has 1 rings (SSSR count). The van der Waals surface area contributed by atoms with Crippen LogP contribution in [0.4, 0.5) is 13.2 Å². The van der Waals surface area contributed by atoms with Crippen molar-refractivity contribution < 1.29 is 23.0 Å². The summed E-state index contributed by atoms with van der Waals surface area (Å²) in [5, 5.41) is 8.75. The summed E-state index contributed by atoms with van der Waals surface area (Å²) in [6.07, 6.45) is -4.76. The number of hydrogen-bond donors (Lipinski definition) is 2. The van der Waals surface area contributed by atoms with E-state index in [0.717, 1.165) is 6.07 Å². The van der Waals surface area contributed by atoms with Gasteiger partial charge in [-0.05, 0) is 6.07 Å². The van der Waals surface area contributed by atoms with E-state index >= 15 is 0 Å². The van der Waals surface area contributed by atoms with Gasteiger partial charge in [0.15, 0.2) is 0 Å². The highest BCUT2D eigenvalue weighted by atomic mass is 19.4. The van der Waals surface area contributed by atoms with Gasteiger partial charge in [0.25, 0.3) is 0 Å². The van der Waals surface area contributed by atoms with Gasteiger partial charge in [-0.2, -0.15) is 0 Å². The SMILES string of the molecule is NC(CO)c1ccccc1OC(F)(F)F. The minimum absolute atomic E-state index is 0.123. The van der Waals surface area contributed by atoms with Crippen molar-refractivity contribution in [1.82, 2.24) is 0 Å². The standard InChI is InChI=1S/C9H10F3NO2/c10-9(11,12)15-8-4-2-1-3-6(8)7(13)5-14/h1-4,7,14H,5,13H2. The second kappa shape index (κ2) is 4.50. The summed E-state index contributed by atoms with van der Waals surface area (Å²) in [6, 6.07) is 4.56. The highest BCUT2D eigenvalue weighted by Crippen LogP contribution is 2.28. The molecule has 84 valence electrons. The van der Waals surface area contributed by atoms with Gasteiger partial charge in [-0.25, -0.2) is 0 Å². The van der Waals surface area contributed by atoms with Crippen LogP contribution in [0.5, 0.6) is 5.75 Å². The van der Waals surface area contributed by atoms with Crippen molar-refractivity contribution in [3.63, 3.8) is 0 Å². The van der Waals surface area contributed by atoms with Crippen molar-refractivity contribution in [3.8, 4) is 5.75 Å². The molecule has 0 spiro atoms. The Hall–Kier alpha value is -1.27. The topological polar surface area (TPSA) is 55.5 Å². The van der Waals surface area contributed by atoms with Crippen molar-refractivity contribution in [3.05, 3.63) is 29.8 Å². The quantitative estimate of drug-likeness (QED) is 0.814. The number of aliphatic hydroxyl groups excluding tert-OH is 1. The zero-order valence-corrected chi connectivity index (χ0v) is 7.66. The molecule has 0 aliphatic heterocycles. The van der Waals surface area contributed by atoms with E-state index in [0.29, 0.717) is 0 Å². The minimum atomic E-state index is -4.76. The third kappa shape index (κ3) is 3.41. The van der Waals surface area contributed by atoms with Crippen molar-refractivity contribution >= 4 is 0 Å². The molecular formula is C9H10F3NO2. The minimum Gasteiger partial charge on any atom is -0.405 e. The molecule has 0 radical (unpaired) electrons. The van der Waals surface area contributed by atoms with Crippen LogP contribution in [0.3, 0.4) is 0 Å². The van der Waals surface area contributed by atoms with Crippen LogP contribution in [0.1, 0.15) is 11.6 Å². The van der Waals surface area contributed by atoms with Crippen molar-refractivity contribution in [2.45, 2.75) is 12.4 Å². The fourth-order valence-corrected chi connectivity index (χ4v) is 1.10. The molecule has 1 aromatic carbocycles. The highest BCUT2D eigenvalue weighted by molar-refractivity contribution is 5.35. The Morgan fingerprint density at radius 1 is 1.33 bits per heavy atom. The van der Waals surface area contributed by atoms with Gasteiger partial charge in [0.05, 0.1) is 12.6 Å². The normalized spacial score (nSPS) is 13.7. The molecule has 6 heteroatoms. The van der Waals surface area contributed by atoms with Gasteiger partial charge in [0.1, 0.15) is 5.75 Å². The average molecular weight is 221 g/mol. The Labute approximate surface area is 84.3 Å². The van der Waals surface area contributed by atoms with E-state index in [2.05, 4.69) is 4.74 Å². The number of hydrogen-bond acceptors (Lipinski definition) is 3. The zero-order chi connectivity index (χ0) is 11.5. The average Bonchev–Trinajstić information content (AvgIpc) is 2.15. The smallest absolute Gasteiger partial charge is 0.405 e. The molecule has 0 bridgehead atoms. The van der Waals surface area contributed by atoms with Crippen LogP contribution in [0.15, 0.2) is 24.3 Å². The predicted molar refractivity (Wildman–Crippen MR) is 47.1 cm³/mol. The maximum atomic E-state index is 12.0. The van der Waals surface area contributed by atoms with Crippen LogP contribution in [0.25, 0.3) is 0 Å². The molecule has 3 nitrogen and oxygen atoms in total. The lowest BCUT2D eigenvalue weighted by Gasteiger charge is -2.16. The molecule has 0 aromatic heterocycles. The Bertz CT molecular complexity index is 327. The molecule has 1 aromatic rings. The number of nitrogens with two attached hydrogens (primary N) is 1. The number of aliphatic hydroxyl groups is 1. The predicted octanol–water partition coefficient (Wildman–Crippen LogP) is 1.58. The third-order valence-corrected chi connectivity index (χ3v) is 1.74. The number of benzene rings is 1. The van der Waals surface area contributed by atoms with Gasteiger partial charge in [-0.1, -0.05) is 18.2 Å². The second-order valence-electron chi connectivity index (χ2n) is 2.87.